The third-order valence-corrected chi connectivity index (χ3v) is 2.98. The topological polar surface area (TPSA) is 29.9 Å². The summed E-state index contributed by atoms with van der Waals surface area (Å²) in [4.78, 5) is 0. The quantitative estimate of drug-likeness (QED) is 0.809. The largest absolute Gasteiger partial charge is 0.333 e. The molecule has 5 heteroatoms. The zero-order valence-electron chi connectivity index (χ0n) is 8.00. The van der Waals surface area contributed by atoms with Gasteiger partial charge in [0.15, 0.2) is 0 Å². The van der Waals surface area contributed by atoms with Gasteiger partial charge in [-0.25, -0.2) is 4.68 Å². The zero-order valence-corrected chi connectivity index (χ0v) is 8.00. The van der Waals surface area contributed by atoms with E-state index in [4.69, 9.17) is 0 Å². The summed E-state index contributed by atoms with van der Waals surface area (Å²) in [6, 6.07) is 1.67. The highest BCUT2D eigenvalue weighted by Gasteiger charge is 2.39. The van der Waals surface area contributed by atoms with E-state index in [0.717, 1.165) is 25.0 Å². The molecule has 1 aliphatic carbocycles. The molecule has 78 valence electrons. The van der Waals surface area contributed by atoms with E-state index in [-0.39, 0.29) is 5.54 Å². The minimum Gasteiger partial charge on any atom is -0.309 e. The van der Waals surface area contributed by atoms with Gasteiger partial charge in [0.05, 0.1) is 11.2 Å². The number of hydrogen-bond donors (Lipinski definition) is 1. The number of aromatic nitrogens is 2. The first kappa shape index (κ1) is 9.58. The second kappa shape index (κ2) is 3.31. The van der Waals surface area contributed by atoms with E-state index in [0.29, 0.717) is 4.68 Å². The van der Waals surface area contributed by atoms with Crippen molar-refractivity contribution in [3.05, 3.63) is 18.0 Å². The van der Waals surface area contributed by atoms with Crippen LogP contribution in [-0.4, -0.2) is 16.8 Å². The van der Waals surface area contributed by atoms with Crippen LogP contribution in [0.3, 0.4) is 0 Å². The summed E-state index contributed by atoms with van der Waals surface area (Å²) >= 11 is 0. The molecule has 1 aromatic heterocycles. The van der Waals surface area contributed by atoms with Crippen LogP contribution in [0.15, 0.2) is 12.3 Å². The molecule has 0 spiro atoms. The van der Waals surface area contributed by atoms with Crippen molar-refractivity contribution in [3.8, 4) is 0 Å². The minimum absolute atomic E-state index is 0.153. The van der Waals surface area contributed by atoms with E-state index in [1.165, 1.54) is 6.20 Å². The van der Waals surface area contributed by atoms with Gasteiger partial charge in [-0.2, -0.15) is 13.9 Å². The van der Waals surface area contributed by atoms with Crippen LogP contribution in [0.5, 0.6) is 0 Å². The van der Waals surface area contributed by atoms with E-state index < -0.39 is 6.55 Å². The fourth-order valence-electron chi connectivity index (χ4n) is 1.87. The van der Waals surface area contributed by atoms with Crippen molar-refractivity contribution >= 4 is 0 Å². The fraction of sp³-hybridized carbons (Fsp3) is 0.667. The predicted octanol–water partition coefficient (Wildman–Crippen LogP) is 1.88. The van der Waals surface area contributed by atoms with E-state index in [1.54, 1.807) is 6.07 Å². The summed E-state index contributed by atoms with van der Waals surface area (Å²) in [7, 11) is 1.85. The number of alkyl halides is 2. The van der Waals surface area contributed by atoms with Gasteiger partial charge in [-0.05, 0) is 32.4 Å². The summed E-state index contributed by atoms with van der Waals surface area (Å²) in [5.41, 5.74) is 0.576. The maximum Gasteiger partial charge on any atom is 0.333 e. The molecule has 0 radical (unpaired) electrons. The van der Waals surface area contributed by atoms with Crippen molar-refractivity contribution in [3.63, 3.8) is 0 Å². The van der Waals surface area contributed by atoms with Gasteiger partial charge in [-0.15, -0.1) is 0 Å². The van der Waals surface area contributed by atoms with Gasteiger partial charge in [0.2, 0.25) is 0 Å². The summed E-state index contributed by atoms with van der Waals surface area (Å²) < 4.78 is 25.3. The van der Waals surface area contributed by atoms with Gasteiger partial charge in [0.25, 0.3) is 0 Å². The highest BCUT2D eigenvalue weighted by Crippen LogP contribution is 2.40. The van der Waals surface area contributed by atoms with Gasteiger partial charge < -0.3 is 5.32 Å². The maximum atomic E-state index is 12.3. The first-order valence-corrected chi connectivity index (χ1v) is 4.71. The second-order valence-electron chi connectivity index (χ2n) is 3.64. The number of nitrogens with one attached hydrogen (secondary N) is 1. The summed E-state index contributed by atoms with van der Waals surface area (Å²) in [5.74, 6) is 0. The van der Waals surface area contributed by atoms with E-state index >= 15 is 0 Å². The van der Waals surface area contributed by atoms with Crippen molar-refractivity contribution in [2.24, 2.45) is 0 Å². The molecule has 1 aliphatic rings. The first-order valence-electron chi connectivity index (χ1n) is 4.71. The maximum absolute atomic E-state index is 12.3. The lowest BCUT2D eigenvalue weighted by Gasteiger charge is -2.40. The lowest BCUT2D eigenvalue weighted by Crippen LogP contribution is -2.46. The van der Waals surface area contributed by atoms with Gasteiger partial charge in [-0.3, -0.25) is 0 Å². The Labute approximate surface area is 81.1 Å². The van der Waals surface area contributed by atoms with Crippen LogP contribution in [0.25, 0.3) is 0 Å². The molecule has 0 saturated heterocycles. The Hall–Kier alpha value is -0.970. The van der Waals surface area contributed by atoms with E-state index in [1.807, 2.05) is 7.05 Å². The molecule has 1 heterocycles. The number of halogens is 2. The summed E-state index contributed by atoms with van der Waals surface area (Å²) in [6.07, 6.45) is 4.41. The second-order valence-corrected chi connectivity index (χ2v) is 3.64. The lowest BCUT2D eigenvalue weighted by molar-refractivity contribution is 0.0544. The summed E-state index contributed by atoms with van der Waals surface area (Å²) in [6.45, 7) is -2.54. The van der Waals surface area contributed by atoms with Crippen molar-refractivity contribution in [2.75, 3.05) is 7.05 Å². The Morgan fingerprint density at radius 2 is 2.29 bits per heavy atom. The SMILES string of the molecule is CNC1(c2ccn(C(F)F)n2)CCC1. The molecule has 1 fully saturated rings. The molecule has 0 bridgehead atoms. The van der Waals surface area contributed by atoms with Gasteiger partial charge in [0.1, 0.15) is 0 Å². The molecule has 2 rings (SSSR count). The molecule has 0 atom stereocenters. The Balaban J connectivity index is 2.23. The molecule has 0 unspecified atom stereocenters. The Morgan fingerprint density at radius 3 is 2.64 bits per heavy atom. The molecule has 1 saturated carbocycles. The molecule has 0 aliphatic heterocycles. The van der Waals surface area contributed by atoms with E-state index in [9.17, 15) is 8.78 Å². The molecule has 0 amide bonds. The van der Waals surface area contributed by atoms with Crippen LogP contribution in [0.1, 0.15) is 31.5 Å². The molecule has 1 aromatic rings. The third kappa shape index (κ3) is 1.32. The standard InChI is InChI=1S/C9H13F2N3/c1-12-9(4-2-5-9)7-3-6-14(13-7)8(10)11/h3,6,8,12H,2,4-5H2,1H3. The van der Waals surface area contributed by atoms with Crippen LogP contribution in [0, 0.1) is 0 Å². The van der Waals surface area contributed by atoms with Crippen LogP contribution in [0.2, 0.25) is 0 Å². The molecule has 3 nitrogen and oxygen atoms in total. The monoisotopic (exact) mass is 201 g/mol. The third-order valence-electron chi connectivity index (χ3n) is 2.98. The van der Waals surface area contributed by atoms with Crippen LogP contribution in [0.4, 0.5) is 8.78 Å². The highest BCUT2D eigenvalue weighted by molar-refractivity contribution is 5.17. The highest BCUT2D eigenvalue weighted by atomic mass is 19.3. The van der Waals surface area contributed by atoms with Gasteiger partial charge in [0, 0.05) is 6.20 Å². The normalized spacial score (nSPS) is 19.7. The predicted molar refractivity (Wildman–Crippen MR) is 48.1 cm³/mol. The molecular weight excluding hydrogens is 188 g/mol. The molecule has 14 heavy (non-hydrogen) atoms. The lowest BCUT2D eigenvalue weighted by atomic mass is 9.74. The Kier molecular flexibility index (Phi) is 2.26. The average molecular weight is 201 g/mol. The smallest absolute Gasteiger partial charge is 0.309 e. The average Bonchev–Trinajstić information content (AvgIpc) is 2.52. The van der Waals surface area contributed by atoms with Crippen molar-refractivity contribution in [2.45, 2.75) is 31.4 Å². The first-order chi connectivity index (χ1) is 6.68. The van der Waals surface area contributed by atoms with Crippen LogP contribution < -0.4 is 5.32 Å². The Bertz CT molecular complexity index is 312. The van der Waals surface area contributed by atoms with Crippen LogP contribution >= 0.6 is 0 Å². The minimum atomic E-state index is -2.54. The molecule has 0 aromatic carbocycles. The number of hydrogen-bond acceptors (Lipinski definition) is 2. The fourth-order valence-corrected chi connectivity index (χ4v) is 1.87. The zero-order chi connectivity index (χ0) is 10.2. The number of nitrogens with zero attached hydrogens (tertiary/aromatic N) is 2. The number of rotatable bonds is 3. The van der Waals surface area contributed by atoms with Crippen molar-refractivity contribution in [1.82, 2.24) is 15.1 Å². The Morgan fingerprint density at radius 1 is 1.57 bits per heavy atom. The van der Waals surface area contributed by atoms with Gasteiger partial charge in [-0.1, -0.05) is 0 Å². The van der Waals surface area contributed by atoms with E-state index in [2.05, 4.69) is 10.4 Å². The van der Waals surface area contributed by atoms with Crippen molar-refractivity contribution < 1.29 is 8.78 Å². The van der Waals surface area contributed by atoms with Gasteiger partial charge >= 0.3 is 6.55 Å². The summed E-state index contributed by atoms with van der Waals surface area (Å²) in [5, 5.41) is 7.04. The van der Waals surface area contributed by atoms with Crippen LogP contribution in [-0.2, 0) is 5.54 Å². The molecule has 1 N–H and O–H groups in total. The van der Waals surface area contributed by atoms with Crippen molar-refractivity contribution in [1.29, 1.82) is 0 Å². The molecular formula is C9H13F2N3.